The van der Waals surface area contributed by atoms with Gasteiger partial charge < -0.3 is 14.5 Å². The van der Waals surface area contributed by atoms with Crippen molar-refractivity contribution in [2.75, 3.05) is 26.7 Å². The van der Waals surface area contributed by atoms with Gasteiger partial charge in [-0.3, -0.25) is 9.69 Å². The number of benzene rings is 1. The number of nitrogens with zero attached hydrogens (tertiary/aromatic N) is 1. The molecule has 6 heteroatoms. The Morgan fingerprint density at radius 3 is 2.83 bits per heavy atom. The molecule has 1 amide bonds. The topological polar surface area (TPSA) is 54.7 Å². The molecule has 24 heavy (non-hydrogen) atoms. The Labute approximate surface area is 146 Å². The lowest BCUT2D eigenvalue weighted by Gasteiger charge is -2.26. The zero-order valence-electron chi connectivity index (χ0n) is 13.6. The fraction of sp³-hybridized carbons (Fsp3) is 0.389. The van der Waals surface area contributed by atoms with Gasteiger partial charge in [0.25, 0.3) is 5.91 Å². The van der Waals surface area contributed by atoms with E-state index in [4.69, 9.17) is 20.8 Å². The van der Waals surface area contributed by atoms with Gasteiger partial charge in [0.1, 0.15) is 11.5 Å². The summed E-state index contributed by atoms with van der Waals surface area (Å²) < 4.78 is 10.8. The van der Waals surface area contributed by atoms with E-state index in [9.17, 15) is 4.79 Å². The molecule has 1 aliphatic heterocycles. The van der Waals surface area contributed by atoms with Crippen LogP contribution < -0.4 is 10.1 Å². The first-order valence-electron chi connectivity index (χ1n) is 8.08. The van der Waals surface area contributed by atoms with Crippen molar-refractivity contribution in [3.63, 3.8) is 0 Å². The molecule has 0 aliphatic carbocycles. The first kappa shape index (κ1) is 16.9. The van der Waals surface area contributed by atoms with Crippen molar-refractivity contribution in [3.05, 3.63) is 52.9 Å². The van der Waals surface area contributed by atoms with E-state index >= 15 is 0 Å². The van der Waals surface area contributed by atoms with Gasteiger partial charge in [-0.25, -0.2) is 0 Å². The lowest BCUT2D eigenvalue weighted by Crippen LogP contribution is -2.36. The molecule has 0 radical (unpaired) electrons. The van der Waals surface area contributed by atoms with Gasteiger partial charge in [0, 0.05) is 11.6 Å². The minimum Gasteiger partial charge on any atom is -0.496 e. The van der Waals surface area contributed by atoms with E-state index < -0.39 is 0 Å². The standard InChI is InChI=1S/C18H21ClN2O3/c1-23-16-7-6-13(19)11-14(16)18(22)20-12-15(17-5-4-10-24-17)21-8-2-3-9-21/h4-7,10-11,15H,2-3,8-9,12H2,1H3,(H,20,22)/t15-/m0/s1. The van der Waals surface area contributed by atoms with E-state index in [0.29, 0.717) is 22.9 Å². The van der Waals surface area contributed by atoms with Crippen molar-refractivity contribution in [2.45, 2.75) is 18.9 Å². The second-order valence-corrected chi connectivity index (χ2v) is 6.27. The Morgan fingerprint density at radius 2 is 2.17 bits per heavy atom. The molecule has 5 nitrogen and oxygen atoms in total. The number of methoxy groups -OCH3 is 1. The number of halogens is 1. The van der Waals surface area contributed by atoms with Crippen LogP contribution in [0, 0.1) is 0 Å². The maximum Gasteiger partial charge on any atom is 0.255 e. The molecule has 1 atom stereocenters. The van der Waals surface area contributed by atoms with Crippen molar-refractivity contribution in [1.29, 1.82) is 0 Å². The summed E-state index contributed by atoms with van der Waals surface area (Å²) in [6.07, 6.45) is 4.01. The number of rotatable bonds is 6. The molecule has 1 N–H and O–H groups in total. The van der Waals surface area contributed by atoms with E-state index in [2.05, 4.69) is 10.2 Å². The van der Waals surface area contributed by atoms with Gasteiger partial charge >= 0.3 is 0 Å². The first-order chi connectivity index (χ1) is 11.7. The third-order valence-electron chi connectivity index (χ3n) is 4.32. The Bertz CT molecular complexity index is 682. The molecule has 3 rings (SSSR count). The zero-order valence-corrected chi connectivity index (χ0v) is 14.4. The lowest BCUT2D eigenvalue weighted by molar-refractivity contribution is 0.0930. The van der Waals surface area contributed by atoms with Crippen LogP contribution in [0.5, 0.6) is 5.75 Å². The first-order valence-corrected chi connectivity index (χ1v) is 8.46. The third kappa shape index (κ3) is 3.74. The zero-order chi connectivity index (χ0) is 16.9. The SMILES string of the molecule is COc1ccc(Cl)cc1C(=O)NC[C@@H](c1ccco1)N1CCCC1. The van der Waals surface area contributed by atoms with Crippen LogP contribution in [0.2, 0.25) is 5.02 Å². The van der Waals surface area contributed by atoms with Crippen molar-refractivity contribution in [1.82, 2.24) is 10.2 Å². The van der Waals surface area contributed by atoms with Gasteiger partial charge in [-0.1, -0.05) is 11.6 Å². The number of likely N-dealkylation sites (tertiary alicyclic amines) is 1. The van der Waals surface area contributed by atoms with Crippen LogP contribution in [-0.2, 0) is 0 Å². The van der Waals surface area contributed by atoms with E-state index in [1.54, 1.807) is 24.5 Å². The van der Waals surface area contributed by atoms with Crippen LogP contribution in [-0.4, -0.2) is 37.6 Å². The molecule has 2 heterocycles. The van der Waals surface area contributed by atoms with Crippen LogP contribution in [0.15, 0.2) is 41.0 Å². The molecule has 0 spiro atoms. The van der Waals surface area contributed by atoms with Crippen molar-refractivity contribution >= 4 is 17.5 Å². The fourth-order valence-electron chi connectivity index (χ4n) is 3.09. The van der Waals surface area contributed by atoms with Gasteiger partial charge in [0.05, 0.1) is 25.0 Å². The van der Waals surface area contributed by atoms with E-state index in [0.717, 1.165) is 18.8 Å². The maximum absolute atomic E-state index is 12.6. The van der Waals surface area contributed by atoms with Gasteiger partial charge in [-0.05, 0) is 56.3 Å². The third-order valence-corrected chi connectivity index (χ3v) is 4.55. The van der Waals surface area contributed by atoms with Crippen molar-refractivity contribution < 1.29 is 13.9 Å². The molecule has 1 aliphatic rings. The number of hydrogen-bond acceptors (Lipinski definition) is 4. The highest BCUT2D eigenvalue weighted by molar-refractivity contribution is 6.31. The van der Waals surface area contributed by atoms with Crippen LogP contribution >= 0.6 is 11.6 Å². The van der Waals surface area contributed by atoms with E-state index in [1.807, 2.05) is 12.1 Å². The lowest BCUT2D eigenvalue weighted by atomic mass is 10.1. The highest BCUT2D eigenvalue weighted by Crippen LogP contribution is 2.26. The minimum atomic E-state index is -0.204. The fourth-order valence-corrected chi connectivity index (χ4v) is 3.26. The molecule has 0 bridgehead atoms. The quantitative estimate of drug-likeness (QED) is 0.868. The minimum absolute atomic E-state index is 0.0385. The Balaban J connectivity index is 1.72. The number of hydrogen-bond donors (Lipinski definition) is 1. The van der Waals surface area contributed by atoms with E-state index in [1.165, 1.54) is 20.0 Å². The highest BCUT2D eigenvalue weighted by Gasteiger charge is 2.26. The summed E-state index contributed by atoms with van der Waals surface area (Å²) in [5.41, 5.74) is 0.435. The summed E-state index contributed by atoms with van der Waals surface area (Å²) in [7, 11) is 1.54. The number of carbonyl (C=O) groups is 1. The molecule has 128 valence electrons. The molecular formula is C18H21ClN2O3. The molecule has 1 fully saturated rings. The molecule has 1 aromatic heterocycles. The van der Waals surface area contributed by atoms with Crippen LogP contribution in [0.25, 0.3) is 0 Å². The Kier molecular flexibility index (Phi) is 5.43. The second-order valence-electron chi connectivity index (χ2n) is 5.83. The summed E-state index contributed by atoms with van der Waals surface area (Å²) in [4.78, 5) is 14.9. The summed E-state index contributed by atoms with van der Waals surface area (Å²) >= 11 is 6.01. The number of amides is 1. The molecule has 0 unspecified atom stereocenters. The molecule has 0 saturated carbocycles. The molecular weight excluding hydrogens is 328 g/mol. The molecule has 1 saturated heterocycles. The summed E-state index contributed by atoms with van der Waals surface area (Å²) in [6, 6.07) is 8.88. The number of ether oxygens (including phenoxy) is 1. The van der Waals surface area contributed by atoms with E-state index in [-0.39, 0.29) is 11.9 Å². The number of nitrogens with one attached hydrogen (secondary N) is 1. The molecule has 1 aromatic carbocycles. The van der Waals surface area contributed by atoms with Crippen LogP contribution in [0.4, 0.5) is 0 Å². The van der Waals surface area contributed by atoms with Gasteiger partial charge in [0.2, 0.25) is 0 Å². The molecule has 2 aromatic rings. The predicted octanol–water partition coefficient (Wildman–Crippen LogP) is 3.51. The maximum atomic E-state index is 12.6. The normalized spacial score (nSPS) is 16.1. The average molecular weight is 349 g/mol. The average Bonchev–Trinajstić information content (AvgIpc) is 3.29. The Hall–Kier alpha value is -1.98. The largest absolute Gasteiger partial charge is 0.496 e. The Morgan fingerprint density at radius 1 is 1.38 bits per heavy atom. The van der Waals surface area contributed by atoms with Gasteiger partial charge in [-0.15, -0.1) is 0 Å². The second kappa shape index (κ2) is 7.73. The van der Waals surface area contributed by atoms with Crippen molar-refractivity contribution in [2.24, 2.45) is 0 Å². The number of furan rings is 1. The highest BCUT2D eigenvalue weighted by atomic mass is 35.5. The smallest absolute Gasteiger partial charge is 0.255 e. The predicted molar refractivity (Wildman–Crippen MR) is 92.6 cm³/mol. The summed E-state index contributed by atoms with van der Waals surface area (Å²) in [5.74, 6) is 1.17. The number of carbonyl (C=O) groups excluding carboxylic acids is 1. The van der Waals surface area contributed by atoms with Gasteiger partial charge in [-0.2, -0.15) is 0 Å². The summed E-state index contributed by atoms with van der Waals surface area (Å²) in [5, 5.41) is 3.49. The van der Waals surface area contributed by atoms with Crippen LogP contribution in [0.1, 0.15) is 35.0 Å². The monoisotopic (exact) mass is 348 g/mol. The van der Waals surface area contributed by atoms with Gasteiger partial charge in [0.15, 0.2) is 0 Å². The van der Waals surface area contributed by atoms with Crippen molar-refractivity contribution in [3.8, 4) is 5.75 Å². The summed E-state index contributed by atoms with van der Waals surface area (Å²) in [6.45, 7) is 2.51. The van der Waals surface area contributed by atoms with Crippen LogP contribution in [0.3, 0.4) is 0 Å².